The van der Waals surface area contributed by atoms with Gasteiger partial charge in [0.1, 0.15) is 0 Å². The van der Waals surface area contributed by atoms with Crippen molar-refractivity contribution < 1.29 is 14.4 Å². The molecule has 0 radical (unpaired) electrons. The first-order valence-electron chi connectivity index (χ1n) is 6.31. The Morgan fingerprint density at radius 2 is 2.15 bits per heavy atom. The number of hydrogen-bond acceptors (Lipinski definition) is 4. The van der Waals surface area contributed by atoms with Crippen LogP contribution in [0.2, 0.25) is 0 Å². The van der Waals surface area contributed by atoms with E-state index in [0.29, 0.717) is 24.2 Å². The van der Waals surface area contributed by atoms with Crippen LogP contribution in [0.5, 0.6) is 0 Å². The molecule has 0 spiro atoms. The monoisotopic (exact) mass is 292 g/mol. The number of thioether (sulfide) groups is 1. The van der Waals surface area contributed by atoms with E-state index in [4.69, 9.17) is 0 Å². The molecule has 2 rings (SSSR count). The van der Waals surface area contributed by atoms with Crippen LogP contribution in [0.3, 0.4) is 0 Å². The average molecular weight is 292 g/mol. The van der Waals surface area contributed by atoms with Gasteiger partial charge in [-0.1, -0.05) is 17.8 Å². The van der Waals surface area contributed by atoms with Crippen molar-refractivity contribution in [3.8, 4) is 0 Å². The number of amides is 2. The number of hydrogen-bond donors (Lipinski definition) is 1. The third-order valence-electron chi connectivity index (χ3n) is 3.07. The lowest BCUT2D eigenvalue weighted by molar-refractivity contribution is -0.117. The minimum atomic E-state index is -0.187. The molecule has 1 aliphatic rings. The predicted octanol–water partition coefficient (Wildman–Crippen LogP) is 1.43. The Kier molecular flexibility index (Phi) is 4.44. The summed E-state index contributed by atoms with van der Waals surface area (Å²) in [7, 11) is 1.57. The summed E-state index contributed by atoms with van der Waals surface area (Å²) in [6.45, 7) is 2.00. The molecule has 1 heterocycles. The molecule has 0 aliphatic carbocycles. The minimum absolute atomic E-state index is 0.0105. The molecule has 1 N–H and O–H groups in total. The van der Waals surface area contributed by atoms with Crippen molar-refractivity contribution in [2.45, 2.75) is 18.6 Å². The van der Waals surface area contributed by atoms with Crippen LogP contribution < -0.4 is 10.2 Å². The first-order chi connectivity index (χ1) is 9.51. The number of carbonyl (C=O) groups is 3. The zero-order chi connectivity index (χ0) is 14.7. The zero-order valence-electron chi connectivity index (χ0n) is 11.4. The number of nitrogens with zero attached hydrogens (tertiary/aromatic N) is 1. The molecular formula is C14H16N2O3S. The van der Waals surface area contributed by atoms with Gasteiger partial charge in [0, 0.05) is 43.4 Å². The van der Waals surface area contributed by atoms with Gasteiger partial charge in [-0.3, -0.25) is 14.4 Å². The fourth-order valence-electron chi connectivity index (χ4n) is 2.20. The summed E-state index contributed by atoms with van der Waals surface area (Å²) in [5.41, 5.74) is 1.21. The van der Waals surface area contributed by atoms with E-state index in [1.807, 2.05) is 0 Å². The van der Waals surface area contributed by atoms with Gasteiger partial charge in [0.05, 0.1) is 0 Å². The Morgan fingerprint density at radius 1 is 1.40 bits per heavy atom. The molecule has 6 heteroatoms. The van der Waals surface area contributed by atoms with Crippen molar-refractivity contribution in [3.05, 3.63) is 29.8 Å². The molecule has 1 aromatic carbocycles. The van der Waals surface area contributed by atoms with Gasteiger partial charge in [-0.25, -0.2) is 0 Å². The van der Waals surface area contributed by atoms with Gasteiger partial charge in [0.15, 0.2) is 5.12 Å². The summed E-state index contributed by atoms with van der Waals surface area (Å²) in [6.07, 6.45) is 0.356. The summed E-state index contributed by atoms with van der Waals surface area (Å²) in [4.78, 5) is 36.4. The van der Waals surface area contributed by atoms with Crippen molar-refractivity contribution in [2.75, 3.05) is 18.5 Å². The first kappa shape index (κ1) is 14.6. The number of benzene rings is 1. The largest absolute Gasteiger partial charge is 0.355 e. The molecular weight excluding hydrogens is 276 g/mol. The maximum Gasteiger partial charge on any atom is 0.251 e. The first-order valence-corrected chi connectivity index (χ1v) is 7.19. The standard InChI is InChI=1S/C14H16N2O3S/c1-9(17)20-12-7-13(18)16(8-12)11-5-3-4-10(6-11)14(19)15-2/h3-6,12H,7-8H2,1-2H3,(H,15,19). The summed E-state index contributed by atoms with van der Waals surface area (Å²) in [5.74, 6) is -0.203. The van der Waals surface area contributed by atoms with Crippen LogP contribution in [-0.4, -0.2) is 35.8 Å². The zero-order valence-corrected chi connectivity index (χ0v) is 12.2. The summed E-state index contributed by atoms with van der Waals surface area (Å²) in [6, 6.07) is 6.94. The van der Waals surface area contributed by atoms with E-state index < -0.39 is 0 Å². The van der Waals surface area contributed by atoms with Crippen molar-refractivity contribution in [1.29, 1.82) is 0 Å². The van der Waals surface area contributed by atoms with Gasteiger partial charge in [0.2, 0.25) is 5.91 Å². The third-order valence-corrected chi connectivity index (χ3v) is 4.05. The number of rotatable bonds is 3. The molecule has 0 aromatic heterocycles. The SMILES string of the molecule is CNC(=O)c1cccc(N2CC(SC(C)=O)CC2=O)c1. The number of nitrogens with one attached hydrogen (secondary N) is 1. The van der Waals surface area contributed by atoms with Gasteiger partial charge in [-0.2, -0.15) is 0 Å². The molecule has 0 saturated carbocycles. The van der Waals surface area contributed by atoms with E-state index >= 15 is 0 Å². The van der Waals surface area contributed by atoms with Crippen LogP contribution >= 0.6 is 11.8 Å². The molecule has 106 valence electrons. The molecule has 2 amide bonds. The highest BCUT2D eigenvalue weighted by atomic mass is 32.2. The molecule has 1 unspecified atom stereocenters. The average Bonchev–Trinajstić information content (AvgIpc) is 2.78. The quantitative estimate of drug-likeness (QED) is 0.915. The molecule has 20 heavy (non-hydrogen) atoms. The van der Waals surface area contributed by atoms with E-state index in [1.165, 1.54) is 18.7 Å². The summed E-state index contributed by atoms with van der Waals surface area (Å²) >= 11 is 1.20. The van der Waals surface area contributed by atoms with Gasteiger partial charge >= 0.3 is 0 Å². The maximum atomic E-state index is 12.0. The molecule has 1 fully saturated rings. The molecule has 1 aromatic rings. The number of carbonyl (C=O) groups excluding carboxylic acids is 3. The van der Waals surface area contributed by atoms with Crippen LogP contribution in [0.25, 0.3) is 0 Å². The highest BCUT2D eigenvalue weighted by Crippen LogP contribution is 2.29. The molecule has 5 nitrogen and oxygen atoms in total. The Bertz CT molecular complexity index is 559. The van der Waals surface area contributed by atoms with Crippen LogP contribution in [0.15, 0.2) is 24.3 Å². The second-order valence-corrected chi connectivity index (χ2v) is 6.05. The normalized spacial score (nSPS) is 18.2. The van der Waals surface area contributed by atoms with Gasteiger partial charge < -0.3 is 10.2 Å². The highest BCUT2D eigenvalue weighted by Gasteiger charge is 2.32. The smallest absolute Gasteiger partial charge is 0.251 e. The Hall–Kier alpha value is -1.82. The van der Waals surface area contributed by atoms with E-state index in [1.54, 1.807) is 36.2 Å². The van der Waals surface area contributed by atoms with E-state index in [-0.39, 0.29) is 22.2 Å². The highest BCUT2D eigenvalue weighted by molar-refractivity contribution is 8.14. The Balaban J connectivity index is 2.17. The van der Waals surface area contributed by atoms with Gasteiger partial charge in [0.25, 0.3) is 5.91 Å². The van der Waals surface area contributed by atoms with Gasteiger partial charge in [-0.15, -0.1) is 0 Å². The number of anilines is 1. The van der Waals surface area contributed by atoms with Crippen LogP contribution in [0.4, 0.5) is 5.69 Å². The fourth-order valence-corrected chi connectivity index (χ4v) is 3.12. The Labute approximate surface area is 121 Å². The topological polar surface area (TPSA) is 66.5 Å². The summed E-state index contributed by atoms with van der Waals surface area (Å²) < 4.78 is 0. The minimum Gasteiger partial charge on any atom is -0.355 e. The van der Waals surface area contributed by atoms with Crippen LogP contribution in [0, 0.1) is 0 Å². The second kappa shape index (κ2) is 6.09. The van der Waals surface area contributed by atoms with E-state index in [9.17, 15) is 14.4 Å². The van der Waals surface area contributed by atoms with Crippen molar-refractivity contribution >= 4 is 34.4 Å². The van der Waals surface area contributed by atoms with Crippen molar-refractivity contribution in [1.82, 2.24) is 5.32 Å². The van der Waals surface area contributed by atoms with E-state index in [0.717, 1.165) is 0 Å². The fraction of sp³-hybridized carbons (Fsp3) is 0.357. The lowest BCUT2D eigenvalue weighted by Gasteiger charge is -2.17. The lowest BCUT2D eigenvalue weighted by Crippen LogP contribution is -2.25. The van der Waals surface area contributed by atoms with Crippen molar-refractivity contribution in [3.63, 3.8) is 0 Å². The maximum absolute atomic E-state index is 12.0. The second-order valence-electron chi connectivity index (χ2n) is 4.57. The Morgan fingerprint density at radius 3 is 2.80 bits per heavy atom. The summed E-state index contributed by atoms with van der Waals surface area (Å²) in [5, 5.41) is 2.56. The van der Waals surface area contributed by atoms with Gasteiger partial charge in [-0.05, 0) is 18.2 Å². The van der Waals surface area contributed by atoms with Crippen LogP contribution in [0.1, 0.15) is 23.7 Å². The van der Waals surface area contributed by atoms with Crippen molar-refractivity contribution in [2.24, 2.45) is 0 Å². The van der Waals surface area contributed by atoms with E-state index in [2.05, 4.69) is 5.32 Å². The predicted molar refractivity (Wildman–Crippen MR) is 78.9 cm³/mol. The molecule has 0 bridgehead atoms. The third kappa shape index (κ3) is 3.19. The molecule has 1 atom stereocenters. The molecule has 1 saturated heterocycles. The van der Waals surface area contributed by atoms with Crippen LogP contribution in [-0.2, 0) is 9.59 Å². The lowest BCUT2D eigenvalue weighted by atomic mass is 10.2. The molecule has 1 aliphatic heterocycles.